The topological polar surface area (TPSA) is 47.0 Å². The molecular weight excluding hydrogens is 222 g/mol. The van der Waals surface area contributed by atoms with Gasteiger partial charge in [0.15, 0.2) is 0 Å². The Morgan fingerprint density at radius 1 is 1.50 bits per heavy atom. The summed E-state index contributed by atoms with van der Waals surface area (Å²) in [5, 5.41) is 14.0. The summed E-state index contributed by atoms with van der Waals surface area (Å²) in [4.78, 5) is 0. The van der Waals surface area contributed by atoms with E-state index in [1.165, 1.54) is 0 Å². The SMILES string of the molecule is CC(C)NCCc1nnc(C2CCCO2)s1. The Hall–Kier alpha value is -0.520. The molecule has 1 saturated heterocycles. The molecule has 90 valence electrons. The van der Waals surface area contributed by atoms with Gasteiger partial charge in [-0.15, -0.1) is 10.2 Å². The highest BCUT2D eigenvalue weighted by Gasteiger charge is 2.21. The monoisotopic (exact) mass is 241 g/mol. The zero-order chi connectivity index (χ0) is 11.4. The second-order valence-electron chi connectivity index (χ2n) is 4.39. The maximum atomic E-state index is 5.59. The average Bonchev–Trinajstić information content (AvgIpc) is 2.85. The second kappa shape index (κ2) is 5.70. The Labute approximate surface area is 100 Å². The van der Waals surface area contributed by atoms with Gasteiger partial charge in [0, 0.05) is 25.6 Å². The Kier molecular flexibility index (Phi) is 4.26. The molecule has 5 heteroatoms. The highest BCUT2D eigenvalue weighted by molar-refractivity contribution is 7.11. The lowest BCUT2D eigenvalue weighted by Gasteiger charge is -2.05. The van der Waals surface area contributed by atoms with E-state index >= 15 is 0 Å². The van der Waals surface area contributed by atoms with E-state index < -0.39 is 0 Å². The molecule has 1 fully saturated rings. The molecule has 1 atom stereocenters. The predicted octanol–water partition coefficient (Wildman–Crippen LogP) is 1.93. The molecule has 2 heterocycles. The summed E-state index contributed by atoms with van der Waals surface area (Å²) in [7, 11) is 0. The third-order valence-electron chi connectivity index (χ3n) is 2.58. The van der Waals surface area contributed by atoms with E-state index in [9.17, 15) is 0 Å². The van der Waals surface area contributed by atoms with Crippen LogP contribution in [0.15, 0.2) is 0 Å². The van der Waals surface area contributed by atoms with Crippen molar-refractivity contribution in [3.63, 3.8) is 0 Å². The third kappa shape index (κ3) is 3.23. The van der Waals surface area contributed by atoms with Gasteiger partial charge in [0.2, 0.25) is 0 Å². The molecule has 0 amide bonds. The number of nitrogens with zero attached hydrogens (tertiary/aromatic N) is 2. The number of aromatic nitrogens is 2. The van der Waals surface area contributed by atoms with E-state index in [4.69, 9.17) is 4.74 Å². The Morgan fingerprint density at radius 3 is 3.06 bits per heavy atom. The molecule has 1 unspecified atom stereocenters. The fraction of sp³-hybridized carbons (Fsp3) is 0.818. The lowest BCUT2D eigenvalue weighted by molar-refractivity contribution is 0.111. The molecule has 0 radical (unpaired) electrons. The van der Waals surface area contributed by atoms with Gasteiger partial charge in [-0.3, -0.25) is 0 Å². The molecule has 16 heavy (non-hydrogen) atoms. The fourth-order valence-corrected chi connectivity index (χ4v) is 2.66. The molecule has 4 nitrogen and oxygen atoms in total. The summed E-state index contributed by atoms with van der Waals surface area (Å²) in [5.74, 6) is 0. The van der Waals surface area contributed by atoms with Crippen LogP contribution in [0.3, 0.4) is 0 Å². The van der Waals surface area contributed by atoms with E-state index in [0.29, 0.717) is 6.04 Å². The molecule has 1 aliphatic heterocycles. The largest absolute Gasteiger partial charge is 0.371 e. The van der Waals surface area contributed by atoms with E-state index in [0.717, 1.165) is 42.4 Å². The zero-order valence-electron chi connectivity index (χ0n) is 9.90. The van der Waals surface area contributed by atoms with Crippen LogP contribution in [0.25, 0.3) is 0 Å². The van der Waals surface area contributed by atoms with Crippen LogP contribution in [-0.4, -0.2) is 29.4 Å². The lowest BCUT2D eigenvalue weighted by Crippen LogP contribution is -2.24. The molecule has 0 aliphatic carbocycles. The van der Waals surface area contributed by atoms with Crippen molar-refractivity contribution in [3.8, 4) is 0 Å². The Morgan fingerprint density at radius 2 is 2.38 bits per heavy atom. The first-order valence-corrected chi connectivity index (χ1v) is 6.74. The van der Waals surface area contributed by atoms with Gasteiger partial charge in [0.1, 0.15) is 16.1 Å². The minimum atomic E-state index is 0.212. The van der Waals surface area contributed by atoms with Crippen LogP contribution >= 0.6 is 11.3 Å². The van der Waals surface area contributed by atoms with Gasteiger partial charge < -0.3 is 10.1 Å². The molecular formula is C11H19N3OS. The van der Waals surface area contributed by atoms with Crippen LogP contribution in [0.1, 0.15) is 42.8 Å². The standard InChI is InChI=1S/C11H19N3OS/c1-8(2)12-6-5-10-13-14-11(16-10)9-4-3-7-15-9/h8-9,12H,3-7H2,1-2H3. The molecule has 0 bridgehead atoms. The Balaban J connectivity index is 1.82. The minimum absolute atomic E-state index is 0.212. The average molecular weight is 241 g/mol. The summed E-state index contributed by atoms with van der Waals surface area (Å²) in [6.07, 6.45) is 3.42. The van der Waals surface area contributed by atoms with E-state index in [-0.39, 0.29) is 6.10 Å². The molecule has 0 aromatic carbocycles. The smallest absolute Gasteiger partial charge is 0.146 e. The van der Waals surface area contributed by atoms with Gasteiger partial charge in [-0.25, -0.2) is 0 Å². The van der Waals surface area contributed by atoms with Crippen molar-refractivity contribution in [1.82, 2.24) is 15.5 Å². The number of rotatable bonds is 5. The third-order valence-corrected chi connectivity index (χ3v) is 3.65. The highest BCUT2D eigenvalue weighted by atomic mass is 32.1. The Bertz CT molecular complexity index is 321. The van der Waals surface area contributed by atoms with Crippen molar-refractivity contribution >= 4 is 11.3 Å². The van der Waals surface area contributed by atoms with Crippen molar-refractivity contribution in [2.75, 3.05) is 13.2 Å². The molecule has 2 rings (SSSR count). The number of ether oxygens (including phenoxy) is 1. The minimum Gasteiger partial charge on any atom is -0.371 e. The number of hydrogen-bond donors (Lipinski definition) is 1. The van der Waals surface area contributed by atoms with E-state index in [2.05, 4.69) is 29.4 Å². The first-order chi connectivity index (χ1) is 7.75. The first-order valence-electron chi connectivity index (χ1n) is 5.93. The highest BCUT2D eigenvalue weighted by Crippen LogP contribution is 2.30. The molecule has 1 aromatic heterocycles. The summed E-state index contributed by atoms with van der Waals surface area (Å²) in [6, 6.07) is 0.533. The number of nitrogens with one attached hydrogen (secondary N) is 1. The maximum Gasteiger partial charge on any atom is 0.146 e. The van der Waals surface area contributed by atoms with Crippen LogP contribution in [0.4, 0.5) is 0 Å². The molecule has 1 aromatic rings. The van der Waals surface area contributed by atoms with Crippen molar-refractivity contribution in [3.05, 3.63) is 10.0 Å². The molecule has 1 aliphatic rings. The van der Waals surface area contributed by atoms with Crippen LogP contribution in [0, 0.1) is 0 Å². The maximum absolute atomic E-state index is 5.59. The first kappa shape index (κ1) is 12.0. The van der Waals surface area contributed by atoms with Gasteiger partial charge in [0.05, 0.1) is 0 Å². The van der Waals surface area contributed by atoms with Gasteiger partial charge in [-0.05, 0) is 12.8 Å². The second-order valence-corrected chi connectivity index (χ2v) is 5.49. The van der Waals surface area contributed by atoms with Gasteiger partial charge in [-0.1, -0.05) is 25.2 Å². The normalized spacial score (nSPS) is 20.8. The van der Waals surface area contributed by atoms with Crippen LogP contribution in [0.5, 0.6) is 0 Å². The van der Waals surface area contributed by atoms with Gasteiger partial charge in [-0.2, -0.15) is 0 Å². The van der Waals surface area contributed by atoms with Gasteiger partial charge >= 0.3 is 0 Å². The molecule has 0 saturated carbocycles. The predicted molar refractivity (Wildman–Crippen MR) is 64.7 cm³/mol. The lowest BCUT2D eigenvalue weighted by atomic mass is 10.2. The van der Waals surface area contributed by atoms with E-state index in [1.54, 1.807) is 11.3 Å². The van der Waals surface area contributed by atoms with E-state index in [1.807, 2.05) is 0 Å². The van der Waals surface area contributed by atoms with Gasteiger partial charge in [0.25, 0.3) is 0 Å². The van der Waals surface area contributed by atoms with Crippen molar-refractivity contribution in [2.24, 2.45) is 0 Å². The summed E-state index contributed by atoms with van der Waals surface area (Å²) in [6.45, 7) is 6.14. The van der Waals surface area contributed by atoms with Crippen LogP contribution in [0.2, 0.25) is 0 Å². The van der Waals surface area contributed by atoms with Crippen LogP contribution in [-0.2, 0) is 11.2 Å². The van der Waals surface area contributed by atoms with Crippen LogP contribution < -0.4 is 5.32 Å². The zero-order valence-corrected chi connectivity index (χ0v) is 10.7. The summed E-state index contributed by atoms with van der Waals surface area (Å²) < 4.78 is 5.59. The number of hydrogen-bond acceptors (Lipinski definition) is 5. The molecule has 0 spiro atoms. The fourth-order valence-electron chi connectivity index (χ4n) is 1.74. The van der Waals surface area contributed by atoms with Crippen molar-refractivity contribution in [2.45, 2.75) is 45.3 Å². The van der Waals surface area contributed by atoms with Crippen molar-refractivity contribution < 1.29 is 4.74 Å². The van der Waals surface area contributed by atoms with Crippen molar-refractivity contribution in [1.29, 1.82) is 0 Å². The molecule has 1 N–H and O–H groups in total. The summed E-state index contributed by atoms with van der Waals surface area (Å²) in [5.41, 5.74) is 0. The summed E-state index contributed by atoms with van der Waals surface area (Å²) >= 11 is 1.69. The quantitative estimate of drug-likeness (QED) is 0.855.